The number of rotatable bonds is 5. The Hall–Kier alpha value is -0.410. The fourth-order valence-electron chi connectivity index (χ4n) is 9.06. The molecule has 3 nitrogen and oxygen atoms in total. The summed E-state index contributed by atoms with van der Waals surface area (Å²) in [4.78, 5) is 12.2. The molecule has 0 radical (unpaired) electrons. The third kappa shape index (κ3) is 3.70. The number of carbonyl (C=O) groups is 1. The van der Waals surface area contributed by atoms with Crippen LogP contribution in [-0.4, -0.2) is 21.8 Å². The van der Waals surface area contributed by atoms with Crippen molar-refractivity contribution in [3.05, 3.63) is 0 Å². The molecule has 0 spiro atoms. The van der Waals surface area contributed by atoms with Crippen LogP contribution >= 0.6 is 0 Å². The van der Waals surface area contributed by atoms with Crippen molar-refractivity contribution < 1.29 is 15.0 Å². The molecule has 0 aromatic heterocycles. The standard InChI is InChI=1S/C27H46O3/c1-17(2)24(28)11-6-18(3)21-9-10-22-20-8-7-19-16-27(29,30)15-14-25(19,4)23(20)12-13-26(21,22)5/h17-23,29-30H,6-16H2,1-5H3/t18-,19?,20+,21-,22+,23+,25+,26-/m1/s1. The van der Waals surface area contributed by atoms with Crippen LogP contribution in [0.2, 0.25) is 0 Å². The zero-order valence-electron chi connectivity index (χ0n) is 20.1. The lowest BCUT2D eigenvalue weighted by Gasteiger charge is -2.61. The molecule has 0 amide bonds. The molecule has 8 atom stereocenters. The SMILES string of the molecule is CC(C)C(=O)CC[C@@H](C)[C@H]1CC[C@H]2[C@@H]3CCC4CC(O)(O)CC[C@]4(C)[C@H]3CC[C@]12C. The summed E-state index contributed by atoms with van der Waals surface area (Å²) in [7, 11) is 0. The van der Waals surface area contributed by atoms with E-state index in [2.05, 4.69) is 20.8 Å². The number of aliphatic hydroxyl groups is 2. The molecule has 0 aliphatic heterocycles. The van der Waals surface area contributed by atoms with Crippen molar-refractivity contribution in [1.29, 1.82) is 0 Å². The van der Waals surface area contributed by atoms with E-state index >= 15 is 0 Å². The summed E-state index contributed by atoms with van der Waals surface area (Å²) in [5.74, 6) is 3.48. The Morgan fingerprint density at radius 2 is 1.60 bits per heavy atom. The first kappa shape index (κ1) is 22.8. The van der Waals surface area contributed by atoms with Crippen LogP contribution in [0, 0.1) is 52.3 Å². The van der Waals surface area contributed by atoms with Crippen LogP contribution in [0.1, 0.15) is 105 Å². The lowest BCUT2D eigenvalue weighted by atomic mass is 9.44. The summed E-state index contributed by atoms with van der Waals surface area (Å²) in [5.41, 5.74) is 0.740. The highest BCUT2D eigenvalue weighted by Gasteiger charge is 2.61. The van der Waals surface area contributed by atoms with Crippen molar-refractivity contribution in [3.63, 3.8) is 0 Å². The average molecular weight is 419 g/mol. The van der Waals surface area contributed by atoms with Crippen LogP contribution in [0.25, 0.3) is 0 Å². The van der Waals surface area contributed by atoms with E-state index in [1.54, 1.807) is 0 Å². The molecule has 0 aromatic carbocycles. The third-order valence-corrected chi connectivity index (χ3v) is 11.0. The second kappa shape index (κ2) is 7.87. The summed E-state index contributed by atoms with van der Waals surface area (Å²) in [6.45, 7) is 11.6. The first-order valence-corrected chi connectivity index (χ1v) is 13.0. The monoisotopic (exact) mass is 418 g/mol. The van der Waals surface area contributed by atoms with Gasteiger partial charge in [0.15, 0.2) is 5.79 Å². The molecule has 4 aliphatic rings. The predicted octanol–water partition coefficient (Wildman–Crippen LogP) is 5.97. The van der Waals surface area contributed by atoms with Crippen LogP contribution in [0.5, 0.6) is 0 Å². The molecule has 0 aromatic rings. The molecule has 1 unspecified atom stereocenters. The highest BCUT2D eigenvalue weighted by molar-refractivity contribution is 5.80. The number of hydrogen-bond donors (Lipinski definition) is 2. The van der Waals surface area contributed by atoms with Gasteiger partial charge in [-0.05, 0) is 97.7 Å². The fourth-order valence-corrected chi connectivity index (χ4v) is 9.06. The summed E-state index contributed by atoms with van der Waals surface area (Å²) in [6, 6.07) is 0. The van der Waals surface area contributed by atoms with Crippen LogP contribution < -0.4 is 0 Å². The van der Waals surface area contributed by atoms with E-state index in [1.807, 2.05) is 13.8 Å². The largest absolute Gasteiger partial charge is 0.366 e. The zero-order valence-corrected chi connectivity index (χ0v) is 20.1. The quantitative estimate of drug-likeness (QED) is 0.541. The van der Waals surface area contributed by atoms with Crippen LogP contribution in [0.3, 0.4) is 0 Å². The van der Waals surface area contributed by atoms with Gasteiger partial charge in [-0.3, -0.25) is 4.79 Å². The summed E-state index contributed by atoms with van der Waals surface area (Å²) in [5, 5.41) is 20.5. The Labute approximate surface area is 184 Å². The highest BCUT2D eigenvalue weighted by Crippen LogP contribution is 2.68. The van der Waals surface area contributed by atoms with E-state index in [0.717, 1.165) is 42.9 Å². The first-order chi connectivity index (χ1) is 14.0. The molecule has 2 N–H and O–H groups in total. The van der Waals surface area contributed by atoms with Gasteiger partial charge in [-0.25, -0.2) is 0 Å². The van der Waals surface area contributed by atoms with Crippen molar-refractivity contribution in [2.75, 3.05) is 0 Å². The topological polar surface area (TPSA) is 57.5 Å². The Bertz CT molecular complexity index is 654. The van der Waals surface area contributed by atoms with Crippen molar-refractivity contribution >= 4 is 5.78 Å². The van der Waals surface area contributed by atoms with Gasteiger partial charge in [0.25, 0.3) is 0 Å². The molecule has 172 valence electrons. The molecule has 0 heterocycles. The van der Waals surface area contributed by atoms with E-state index < -0.39 is 5.79 Å². The maximum atomic E-state index is 12.2. The number of Topliss-reactive ketones (excluding diaryl/α,β-unsaturated/α-hetero) is 1. The zero-order chi connectivity index (χ0) is 21.9. The second-order valence-electron chi connectivity index (χ2n) is 12.7. The minimum absolute atomic E-state index is 0.169. The molecule has 0 bridgehead atoms. The van der Waals surface area contributed by atoms with Crippen molar-refractivity contribution in [1.82, 2.24) is 0 Å². The van der Waals surface area contributed by atoms with Crippen LogP contribution in [0.15, 0.2) is 0 Å². The summed E-state index contributed by atoms with van der Waals surface area (Å²) < 4.78 is 0. The van der Waals surface area contributed by atoms with E-state index in [1.165, 1.54) is 38.5 Å². The van der Waals surface area contributed by atoms with Crippen molar-refractivity contribution in [2.24, 2.45) is 52.3 Å². The van der Waals surface area contributed by atoms with E-state index in [4.69, 9.17) is 0 Å². The number of ketones is 1. The van der Waals surface area contributed by atoms with Crippen molar-refractivity contribution in [2.45, 2.75) is 111 Å². The van der Waals surface area contributed by atoms with Gasteiger partial charge in [-0.1, -0.05) is 34.6 Å². The van der Waals surface area contributed by atoms with Gasteiger partial charge < -0.3 is 10.2 Å². The lowest BCUT2D eigenvalue weighted by molar-refractivity contribution is -0.233. The Morgan fingerprint density at radius 3 is 2.30 bits per heavy atom. The predicted molar refractivity (Wildman–Crippen MR) is 121 cm³/mol. The maximum Gasteiger partial charge on any atom is 0.162 e. The molecule has 4 rings (SSSR count). The Kier molecular flexibility index (Phi) is 5.97. The summed E-state index contributed by atoms with van der Waals surface area (Å²) >= 11 is 0. The van der Waals surface area contributed by atoms with E-state index in [9.17, 15) is 15.0 Å². The Balaban J connectivity index is 1.47. The molecule has 4 fully saturated rings. The number of fused-ring (bicyclic) bond motifs is 5. The molecule has 4 aliphatic carbocycles. The van der Waals surface area contributed by atoms with Gasteiger partial charge in [0.1, 0.15) is 5.78 Å². The smallest absolute Gasteiger partial charge is 0.162 e. The summed E-state index contributed by atoms with van der Waals surface area (Å²) in [6.07, 6.45) is 11.8. The molecule has 30 heavy (non-hydrogen) atoms. The van der Waals surface area contributed by atoms with Crippen molar-refractivity contribution in [3.8, 4) is 0 Å². The van der Waals surface area contributed by atoms with Gasteiger partial charge in [-0.2, -0.15) is 0 Å². The minimum atomic E-state index is -1.43. The second-order valence-corrected chi connectivity index (χ2v) is 12.7. The van der Waals surface area contributed by atoms with Crippen LogP contribution in [0.4, 0.5) is 0 Å². The Morgan fingerprint density at radius 1 is 0.900 bits per heavy atom. The lowest BCUT2D eigenvalue weighted by Crippen LogP contribution is -2.56. The van der Waals surface area contributed by atoms with Gasteiger partial charge >= 0.3 is 0 Å². The van der Waals surface area contributed by atoms with Gasteiger partial charge in [0.05, 0.1) is 0 Å². The molecule has 0 saturated heterocycles. The average Bonchev–Trinajstić information content (AvgIpc) is 3.03. The molecular formula is C27H46O3. The number of carbonyl (C=O) groups excluding carboxylic acids is 1. The highest BCUT2D eigenvalue weighted by atomic mass is 16.5. The molecule has 3 heteroatoms. The van der Waals surface area contributed by atoms with Gasteiger partial charge in [0.2, 0.25) is 0 Å². The van der Waals surface area contributed by atoms with E-state index in [0.29, 0.717) is 41.3 Å². The first-order valence-electron chi connectivity index (χ1n) is 13.0. The minimum Gasteiger partial charge on any atom is -0.366 e. The fraction of sp³-hybridized carbons (Fsp3) is 0.963. The number of hydrogen-bond acceptors (Lipinski definition) is 3. The van der Waals surface area contributed by atoms with Gasteiger partial charge in [-0.15, -0.1) is 0 Å². The van der Waals surface area contributed by atoms with E-state index in [-0.39, 0.29) is 5.92 Å². The molecule has 4 saturated carbocycles. The maximum absolute atomic E-state index is 12.2. The molecular weight excluding hydrogens is 372 g/mol. The normalized spacial score (nSPS) is 46.1. The third-order valence-electron chi connectivity index (χ3n) is 11.0. The van der Waals surface area contributed by atoms with Crippen LogP contribution in [-0.2, 0) is 4.79 Å². The van der Waals surface area contributed by atoms with Gasteiger partial charge in [0, 0.05) is 25.2 Å².